The first-order valence-corrected chi connectivity index (χ1v) is 12.9. The summed E-state index contributed by atoms with van der Waals surface area (Å²) in [6.45, 7) is 2.32. The Balaban J connectivity index is 1.81. The number of para-hydroxylation sites is 1. The number of nitrogens with one attached hydrogen (secondary N) is 1. The van der Waals surface area contributed by atoms with Crippen molar-refractivity contribution >= 4 is 22.4 Å². The second-order valence-corrected chi connectivity index (χ2v) is 8.70. The number of hydrogen-bond acceptors (Lipinski definition) is 10. The molecule has 4 aromatic heterocycles. The van der Waals surface area contributed by atoms with Gasteiger partial charge < -0.3 is 14.2 Å². The van der Waals surface area contributed by atoms with Crippen molar-refractivity contribution in [3.63, 3.8) is 0 Å². The van der Waals surface area contributed by atoms with Crippen molar-refractivity contribution in [2.75, 3.05) is 20.8 Å². The van der Waals surface area contributed by atoms with Crippen molar-refractivity contribution in [2.24, 2.45) is 0 Å². The molecule has 14 heteroatoms. The fourth-order valence-electron chi connectivity index (χ4n) is 4.06. The van der Waals surface area contributed by atoms with Crippen molar-refractivity contribution in [1.29, 1.82) is 0 Å². The van der Waals surface area contributed by atoms with Crippen molar-refractivity contribution in [1.82, 2.24) is 39.4 Å². The SMILES string of the molecule is CCOc1cccc(-c2nc3nnc(C(NS(=O)O)c4ncccn4)cc3n2-c2c(OC)cccc2OC)n1. The van der Waals surface area contributed by atoms with Crippen molar-refractivity contribution < 1.29 is 23.0 Å². The molecule has 2 N–H and O–H groups in total. The lowest BCUT2D eigenvalue weighted by molar-refractivity contribution is 0.327. The van der Waals surface area contributed by atoms with Crippen LogP contribution in [0.15, 0.2) is 60.9 Å². The first-order chi connectivity index (χ1) is 19.0. The molecule has 0 bridgehead atoms. The minimum Gasteiger partial charge on any atom is -0.494 e. The molecule has 1 aromatic carbocycles. The maximum absolute atomic E-state index is 11.8. The van der Waals surface area contributed by atoms with Gasteiger partial charge in [-0.2, -0.15) is 9.82 Å². The fraction of sp³-hybridized carbons (Fsp3) is 0.200. The van der Waals surface area contributed by atoms with E-state index in [1.54, 1.807) is 55.2 Å². The summed E-state index contributed by atoms with van der Waals surface area (Å²) in [5.74, 6) is 2.11. The number of hydrogen-bond donors (Lipinski definition) is 2. The van der Waals surface area contributed by atoms with Gasteiger partial charge in [0.15, 0.2) is 11.6 Å². The van der Waals surface area contributed by atoms with Crippen molar-refractivity contribution in [3.8, 4) is 34.6 Å². The van der Waals surface area contributed by atoms with Crippen LogP contribution in [0, 0.1) is 0 Å². The van der Waals surface area contributed by atoms with E-state index < -0.39 is 17.3 Å². The Kier molecular flexibility index (Phi) is 7.67. The van der Waals surface area contributed by atoms with Gasteiger partial charge in [-0.15, -0.1) is 5.10 Å². The second-order valence-electron chi connectivity index (χ2n) is 7.96. The summed E-state index contributed by atoms with van der Waals surface area (Å²) < 4.78 is 42.7. The van der Waals surface area contributed by atoms with E-state index in [0.29, 0.717) is 52.4 Å². The van der Waals surface area contributed by atoms with Crippen molar-refractivity contribution in [2.45, 2.75) is 13.0 Å². The van der Waals surface area contributed by atoms with Crippen LogP contribution in [0.5, 0.6) is 17.4 Å². The van der Waals surface area contributed by atoms with E-state index in [1.807, 2.05) is 19.1 Å². The zero-order chi connectivity index (χ0) is 27.4. The first-order valence-electron chi connectivity index (χ1n) is 11.8. The van der Waals surface area contributed by atoms with Gasteiger partial charge in [-0.1, -0.05) is 12.1 Å². The highest BCUT2D eigenvalue weighted by Gasteiger charge is 2.26. The Morgan fingerprint density at radius 3 is 2.38 bits per heavy atom. The van der Waals surface area contributed by atoms with Gasteiger partial charge >= 0.3 is 0 Å². The molecule has 13 nitrogen and oxygen atoms in total. The van der Waals surface area contributed by atoms with E-state index in [9.17, 15) is 8.76 Å². The van der Waals surface area contributed by atoms with Crippen LogP contribution in [-0.2, 0) is 11.3 Å². The molecule has 0 aliphatic carbocycles. The number of imidazole rings is 1. The smallest absolute Gasteiger partial charge is 0.232 e. The summed E-state index contributed by atoms with van der Waals surface area (Å²) in [6.07, 6.45) is 3.06. The topological polar surface area (TPSA) is 159 Å². The Morgan fingerprint density at radius 2 is 1.72 bits per heavy atom. The van der Waals surface area contributed by atoms with Crippen LogP contribution in [0.3, 0.4) is 0 Å². The standard InChI is InChI=1S/C25H24N8O5S/c1-4-38-20-11-5-8-15(28-20)25-29-23-17(33(25)22-18(36-2)9-6-10-19(22)37-3)14-16(30-31-23)21(32-39(34)35)24-26-12-7-13-27-24/h5-14,21,32H,4H2,1-3H3,(H,34,35). The van der Waals surface area contributed by atoms with Crippen LogP contribution in [0.4, 0.5) is 0 Å². The zero-order valence-electron chi connectivity index (χ0n) is 21.2. The molecule has 39 heavy (non-hydrogen) atoms. The number of fused-ring (bicyclic) bond motifs is 1. The molecule has 2 atom stereocenters. The average molecular weight is 549 g/mol. The summed E-state index contributed by atoms with van der Waals surface area (Å²) in [7, 11) is 3.11. The van der Waals surface area contributed by atoms with Gasteiger partial charge in [0.25, 0.3) is 0 Å². The lowest BCUT2D eigenvalue weighted by atomic mass is 10.2. The molecule has 0 fully saturated rings. The number of methoxy groups -OCH3 is 2. The third-order valence-electron chi connectivity index (χ3n) is 5.67. The number of rotatable bonds is 10. The highest BCUT2D eigenvalue weighted by Crippen LogP contribution is 2.38. The van der Waals surface area contributed by atoms with Crippen LogP contribution in [0.1, 0.15) is 24.5 Å². The summed E-state index contributed by atoms with van der Waals surface area (Å²) in [5.41, 5.74) is 2.14. The largest absolute Gasteiger partial charge is 0.494 e. The first kappa shape index (κ1) is 26.1. The quantitative estimate of drug-likeness (QED) is 0.247. The minimum atomic E-state index is -2.40. The van der Waals surface area contributed by atoms with Gasteiger partial charge in [-0.25, -0.2) is 24.1 Å². The number of aromatic nitrogens is 7. The molecular formula is C25H24N8O5S. The zero-order valence-corrected chi connectivity index (χ0v) is 22.0. The maximum atomic E-state index is 11.8. The Labute approximate surface area is 225 Å². The Bertz CT molecular complexity index is 1610. The Hall–Kier alpha value is -4.53. The average Bonchev–Trinajstić information content (AvgIpc) is 3.34. The number of ether oxygens (including phenoxy) is 3. The van der Waals surface area contributed by atoms with E-state index >= 15 is 0 Å². The van der Waals surface area contributed by atoms with Crippen LogP contribution < -0.4 is 18.9 Å². The number of pyridine rings is 1. The minimum absolute atomic E-state index is 0.237. The third kappa shape index (κ3) is 5.25. The van der Waals surface area contributed by atoms with E-state index in [0.717, 1.165) is 0 Å². The summed E-state index contributed by atoms with van der Waals surface area (Å²) in [4.78, 5) is 17.8. The van der Waals surface area contributed by atoms with Gasteiger partial charge in [0.2, 0.25) is 22.8 Å². The second kappa shape index (κ2) is 11.5. The number of nitrogens with zero attached hydrogens (tertiary/aromatic N) is 7. The molecule has 0 spiro atoms. The molecule has 0 radical (unpaired) electrons. The Morgan fingerprint density at radius 1 is 1.00 bits per heavy atom. The van der Waals surface area contributed by atoms with Gasteiger partial charge in [0.05, 0.1) is 32.0 Å². The van der Waals surface area contributed by atoms with E-state index in [1.165, 1.54) is 12.4 Å². The third-order valence-corrected chi connectivity index (χ3v) is 6.10. The lowest BCUT2D eigenvalue weighted by Gasteiger charge is -2.17. The number of benzene rings is 1. The van der Waals surface area contributed by atoms with Crippen LogP contribution in [0.25, 0.3) is 28.4 Å². The lowest BCUT2D eigenvalue weighted by Crippen LogP contribution is -2.27. The normalized spacial score (nSPS) is 12.7. The van der Waals surface area contributed by atoms with Gasteiger partial charge in [0.1, 0.15) is 28.9 Å². The van der Waals surface area contributed by atoms with E-state index in [-0.39, 0.29) is 11.5 Å². The summed E-state index contributed by atoms with van der Waals surface area (Å²) >= 11 is -2.40. The molecule has 0 amide bonds. The van der Waals surface area contributed by atoms with Gasteiger partial charge in [-0.3, -0.25) is 9.12 Å². The molecule has 4 heterocycles. The summed E-state index contributed by atoms with van der Waals surface area (Å²) in [5, 5.41) is 8.63. The van der Waals surface area contributed by atoms with Crippen LogP contribution in [0.2, 0.25) is 0 Å². The molecule has 0 saturated heterocycles. The molecular weight excluding hydrogens is 524 g/mol. The predicted molar refractivity (Wildman–Crippen MR) is 142 cm³/mol. The van der Waals surface area contributed by atoms with E-state index in [2.05, 4.69) is 29.9 Å². The van der Waals surface area contributed by atoms with Crippen molar-refractivity contribution in [3.05, 3.63) is 72.4 Å². The molecule has 5 aromatic rings. The van der Waals surface area contributed by atoms with E-state index in [4.69, 9.17) is 19.2 Å². The van der Waals surface area contributed by atoms with Gasteiger partial charge in [-0.05, 0) is 37.3 Å². The predicted octanol–water partition coefficient (Wildman–Crippen LogP) is 2.90. The van der Waals surface area contributed by atoms with Crippen LogP contribution in [-0.4, -0.2) is 64.3 Å². The summed E-state index contributed by atoms with van der Waals surface area (Å²) in [6, 6.07) is 13.2. The highest BCUT2D eigenvalue weighted by molar-refractivity contribution is 7.77. The molecule has 200 valence electrons. The molecule has 0 aliphatic rings. The monoisotopic (exact) mass is 548 g/mol. The maximum Gasteiger partial charge on any atom is 0.232 e. The molecule has 2 unspecified atom stereocenters. The van der Waals surface area contributed by atoms with Crippen LogP contribution >= 0.6 is 0 Å². The molecule has 5 rings (SSSR count). The molecule has 0 aliphatic heterocycles. The fourth-order valence-corrected chi connectivity index (χ4v) is 4.49. The highest BCUT2D eigenvalue weighted by atomic mass is 32.2. The molecule has 0 saturated carbocycles. The van der Waals surface area contributed by atoms with Gasteiger partial charge in [0, 0.05) is 18.5 Å².